The number of nitrogens with one attached hydrogen (secondary N) is 2. The van der Waals surface area contributed by atoms with Gasteiger partial charge in [-0.3, -0.25) is 24.8 Å². The van der Waals surface area contributed by atoms with Crippen molar-refractivity contribution >= 4 is 28.8 Å². The van der Waals surface area contributed by atoms with Crippen molar-refractivity contribution in [1.29, 1.82) is 0 Å². The lowest BCUT2D eigenvalue weighted by Gasteiger charge is -2.26. The van der Waals surface area contributed by atoms with Gasteiger partial charge in [-0.2, -0.15) is 0 Å². The molecule has 1 aliphatic heterocycles. The molecule has 9 heteroatoms. The fourth-order valence-electron chi connectivity index (χ4n) is 4.53. The number of carbonyl (C=O) groups excluding carboxylic acids is 2. The molecular weight excluding hydrogens is 468 g/mol. The SMILES string of the molecule is CNC(=O)c1cc(Oc2ccc3c(c2)nc(NC(=O)c2ccc(CN4CCCCC4)cc2)n3C)ccn1. The number of carbonyl (C=O) groups is 2. The second kappa shape index (κ2) is 10.8. The molecule has 9 nitrogen and oxygen atoms in total. The number of fused-ring (bicyclic) bond motifs is 1. The number of ether oxygens (including phenoxy) is 1. The molecule has 0 bridgehead atoms. The van der Waals surface area contributed by atoms with Crippen LogP contribution in [0.25, 0.3) is 11.0 Å². The molecule has 0 saturated carbocycles. The Morgan fingerprint density at radius 3 is 2.46 bits per heavy atom. The van der Waals surface area contributed by atoms with E-state index in [1.807, 2.05) is 48.0 Å². The molecule has 2 N–H and O–H groups in total. The largest absolute Gasteiger partial charge is 0.457 e. The number of piperidine rings is 1. The van der Waals surface area contributed by atoms with E-state index >= 15 is 0 Å². The summed E-state index contributed by atoms with van der Waals surface area (Å²) >= 11 is 0. The molecule has 1 aliphatic rings. The van der Waals surface area contributed by atoms with Gasteiger partial charge in [-0.05, 0) is 61.8 Å². The van der Waals surface area contributed by atoms with Gasteiger partial charge in [-0.15, -0.1) is 0 Å². The number of nitrogens with zero attached hydrogens (tertiary/aromatic N) is 4. The monoisotopic (exact) mass is 498 g/mol. The number of pyridine rings is 1. The molecule has 0 aliphatic carbocycles. The van der Waals surface area contributed by atoms with Crippen LogP contribution in [0.3, 0.4) is 0 Å². The maximum absolute atomic E-state index is 12.9. The number of anilines is 1. The van der Waals surface area contributed by atoms with Crippen molar-refractivity contribution in [2.24, 2.45) is 7.05 Å². The Morgan fingerprint density at radius 1 is 0.946 bits per heavy atom. The maximum atomic E-state index is 12.9. The van der Waals surface area contributed by atoms with Gasteiger partial charge in [0.15, 0.2) is 0 Å². The summed E-state index contributed by atoms with van der Waals surface area (Å²) in [6.45, 7) is 3.20. The van der Waals surface area contributed by atoms with Crippen molar-refractivity contribution in [3.63, 3.8) is 0 Å². The molecule has 2 amide bonds. The molecule has 0 unspecified atom stereocenters. The van der Waals surface area contributed by atoms with Crippen molar-refractivity contribution in [3.8, 4) is 11.5 Å². The van der Waals surface area contributed by atoms with Crippen molar-refractivity contribution in [3.05, 3.63) is 77.6 Å². The van der Waals surface area contributed by atoms with Crippen molar-refractivity contribution in [2.45, 2.75) is 25.8 Å². The number of imidazole rings is 1. The second-order valence-corrected chi connectivity index (χ2v) is 9.19. The highest BCUT2D eigenvalue weighted by Crippen LogP contribution is 2.27. The van der Waals surface area contributed by atoms with Crippen LogP contribution in [0, 0.1) is 0 Å². The third-order valence-corrected chi connectivity index (χ3v) is 6.58. The number of hydrogen-bond donors (Lipinski definition) is 2. The molecule has 2 aromatic heterocycles. The molecule has 1 saturated heterocycles. The Kier molecular flexibility index (Phi) is 7.14. The molecule has 0 spiro atoms. The van der Waals surface area contributed by atoms with Crippen LogP contribution in [0.1, 0.15) is 45.7 Å². The Balaban J connectivity index is 1.27. The van der Waals surface area contributed by atoms with Gasteiger partial charge in [-0.1, -0.05) is 18.6 Å². The summed E-state index contributed by atoms with van der Waals surface area (Å²) in [4.78, 5) is 35.9. The third kappa shape index (κ3) is 5.62. The molecule has 1 fully saturated rings. The summed E-state index contributed by atoms with van der Waals surface area (Å²) in [6, 6.07) is 16.5. The normalized spacial score (nSPS) is 13.9. The number of hydrogen-bond acceptors (Lipinski definition) is 6. The van der Waals surface area contributed by atoms with Crippen molar-refractivity contribution < 1.29 is 14.3 Å². The van der Waals surface area contributed by atoms with Crippen LogP contribution >= 0.6 is 0 Å². The smallest absolute Gasteiger partial charge is 0.269 e. The molecule has 5 rings (SSSR count). The van der Waals surface area contributed by atoms with Crippen molar-refractivity contribution in [2.75, 3.05) is 25.5 Å². The van der Waals surface area contributed by atoms with Crippen molar-refractivity contribution in [1.82, 2.24) is 24.8 Å². The standard InChI is InChI=1S/C28H30N6O3/c1-29-27(36)24-17-22(12-13-30-24)37-21-10-11-25-23(16-21)31-28(33(25)2)32-26(35)20-8-6-19(7-9-20)18-34-14-4-3-5-15-34/h6-13,16-17H,3-5,14-15,18H2,1-2H3,(H,29,36)(H,31,32,35). The fourth-order valence-corrected chi connectivity index (χ4v) is 4.53. The first-order chi connectivity index (χ1) is 18.0. The molecule has 0 atom stereocenters. The minimum atomic E-state index is -0.289. The van der Waals surface area contributed by atoms with Crippen LogP contribution in [0.4, 0.5) is 5.95 Å². The topological polar surface area (TPSA) is 101 Å². The predicted molar refractivity (Wildman–Crippen MR) is 142 cm³/mol. The summed E-state index contributed by atoms with van der Waals surface area (Å²) in [5, 5.41) is 5.47. The summed E-state index contributed by atoms with van der Waals surface area (Å²) < 4.78 is 7.76. The zero-order chi connectivity index (χ0) is 25.8. The average molecular weight is 499 g/mol. The minimum Gasteiger partial charge on any atom is -0.457 e. The molecule has 3 heterocycles. The van der Waals surface area contributed by atoms with E-state index in [4.69, 9.17) is 4.74 Å². The first-order valence-corrected chi connectivity index (χ1v) is 12.5. The van der Waals surface area contributed by atoms with Crippen LogP contribution in [-0.4, -0.2) is 51.4 Å². The molecule has 190 valence electrons. The van der Waals surface area contributed by atoms with Crippen LogP contribution in [0.15, 0.2) is 60.8 Å². The number of likely N-dealkylation sites (tertiary alicyclic amines) is 1. The fraction of sp³-hybridized carbons (Fsp3) is 0.286. The van der Waals surface area contributed by atoms with Crippen LogP contribution in [0.2, 0.25) is 0 Å². The third-order valence-electron chi connectivity index (χ3n) is 6.58. The summed E-state index contributed by atoms with van der Waals surface area (Å²) in [7, 11) is 3.40. The van der Waals surface area contributed by atoms with Gasteiger partial charge in [0.2, 0.25) is 5.95 Å². The molecule has 0 radical (unpaired) electrons. The zero-order valence-corrected chi connectivity index (χ0v) is 21.0. The van der Waals surface area contributed by atoms with Gasteiger partial charge >= 0.3 is 0 Å². The van der Waals surface area contributed by atoms with E-state index in [2.05, 4.69) is 25.5 Å². The van der Waals surface area contributed by atoms with Gasteiger partial charge in [0.25, 0.3) is 11.8 Å². The van der Waals surface area contributed by atoms with E-state index in [-0.39, 0.29) is 17.5 Å². The Bertz CT molecular complexity index is 1420. The number of benzene rings is 2. The second-order valence-electron chi connectivity index (χ2n) is 9.19. The van der Waals surface area contributed by atoms with Gasteiger partial charge < -0.3 is 14.6 Å². The van der Waals surface area contributed by atoms with E-state index in [0.717, 1.165) is 25.2 Å². The lowest BCUT2D eigenvalue weighted by Crippen LogP contribution is -2.29. The summed E-state index contributed by atoms with van der Waals surface area (Å²) in [5.74, 6) is 0.990. The van der Waals surface area contributed by atoms with Gasteiger partial charge in [0.05, 0.1) is 11.0 Å². The first-order valence-electron chi connectivity index (χ1n) is 12.5. The lowest BCUT2D eigenvalue weighted by molar-refractivity contribution is 0.0957. The highest BCUT2D eigenvalue weighted by atomic mass is 16.5. The number of amides is 2. The molecular formula is C28H30N6O3. The van der Waals surface area contributed by atoms with Crippen LogP contribution in [0.5, 0.6) is 11.5 Å². The zero-order valence-electron chi connectivity index (χ0n) is 21.0. The van der Waals surface area contributed by atoms with E-state index in [9.17, 15) is 9.59 Å². The average Bonchev–Trinajstić information content (AvgIpc) is 3.23. The maximum Gasteiger partial charge on any atom is 0.269 e. The van der Waals surface area contributed by atoms with E-state index < -0.39 is 0 Å². The Labute approximate surface area is 215 Å². The lowest BCUT2D eigenvalue weighted by atomic mass is 10.1. The highest BCUT2D eigenvalue weighted by Gasteiger charge is 2.15. The van der Waals surface area contributed by atoms with Crippen LogP contribution in [-0.2, 0) is 13.6 Å². The summed E-state index contributed by atoms with van der Waals surface area (Å²) in [5.41, 5.74) is 3.59. The number of aryl methyl sites for hydroxylation is 1. The van der Waals surface area contributed by atoms with Gasteiger partial charge in [0.1, 0.15) is 17.2 Å². The van der Waals surface area contributed by atoms with Gasteiger partial charge in [-0.25, -0.2) is 4.98 Å². The van der Waals surface area contributed by atoms with E-state index in [1.165, 1.54) is 31.0 Å². The Hall–Kier alpha value is -4.24. The number of aromatic nitrogens is 3. The molecule has 4 aromatic rings. The minimum absolute atomic E-state index is 0.210. The quantitative estimate of drug-likeness (QED) is 0.393. The summed E-state index contributed by atoms with van der Waals surface area (Å²) in [6.07, 6.45) is 5.35. The highest BCUT2D eigenvalue weighted by molar-refractivity contribution is 6.04. The number of rotatable bonds is 7. The predicted octanol–water partition coefficient (Wildman–Crippen LogP) is 4.36. The molecule has 37 heavy (non-hydrogen) atoms. The van der Waals surface area contributed by atoms with E-state index in [1.54, 1.807) is 25.2 Å². The molecule has 2 aromatic carbocycles. The first kappa shape index (κ1) is 24.5. The van der Waals surface area contributed by atoms with Crippen LogP contribution < -0.4 is 15.4 Å². The van der Waals surface area contributed by atoms with E-state index in [0.29, 0.717) is 28.5 Å². The Morgan fingerprint density at radius 2 is 1.70 bits per heavy atom. The van der Waals surface area contributed by atoms with Gasteiger partial charge in [0, 0.05) is 44.5 Å².